The third-order valence-corrected chi connectivity index (χ3v) is 5.55. The first kappa shape index (κ1) is 20.9. The topological polar surface area (TPSA) is 81.1 Å². The van der Waals surface area contributed by atoms with Crippen LogP contribution in [0, 0.1) is 0 Å². The molecule has 148 valence electrons. The largest absolute Gasteiger partial charge is 0.481 e. The molecule has 0 aromatic heterocycles. The molecule has 1 atom stereocenters. The van der Waals surface area contributed by atoms with Gasteiger partial charge in [0.2, 0.25) is 0 Å². The normalized spacial score (nSPS) is 19.8. The van der Waals surface area contributed by atoms with Crippen molar-refractivity contribution >= 4 is 56.8 Å². The Kier molecular flexibility index (Phi) is 6.19. The van der Waals surface area contributed by atoms with Crippen LogP contribution in [0.5, 0.6) is 0 Å². The molecule has 1 aliphatic rings. The molecule has 1 saturated heterocycles. The molecule has 0 bridgehead atoms. The van der Waals surface area contributed by atoms with Crippen LogP contribution in [0.15, 0.2) is 46.9 Å². The van der Waals surface area contributed by atoms with Crippen molar-refractivity contribution < 1.29 is 19.8 Å². The number of nitrogens with zero attached hydrogens (tertiary/aromatic N) is 2. The Balaban J connectivity index is 1.94. The highest BCUT2D eigenvalue weighted by molar-refractivity contribution is 9.10. The number of carboxylic acid groups (broad SMARTS) is 1. The number of amides is 2. The number of β-amino-alcohol motifs (C(OH)–C–C–N with tert-alkyl or cyclic N) is 1. The zero-order valence-electron chi connectivity index (χ0n) is 14.6. The molecule has 0 spiro atoms. The minimum atomic E-state index is -1.61. The van der Waals surface area contributed by atoms with Gasteiger partial charge in [-0.15, -0.1) is 0 Å². The van der Waals surface area contributed by atoms with Crippen molar-refractivity contribution in [3.63, 3.8) is 0 Å². The van der Waals surface area contributed by atoms with E-state index < -0.39 is 18.0 Å². The van der Waals surface area contributed by atoms with Crippen molar-refractivity contribution in [2.75, 3.05) is 18.0 Å². The number of anilines is 1. The number of aliphatic carboxylic acids is 1. The van der Waals surface area contributed by atoms with Crippen LogP contribution in [0.4, 0.5) is 10.5 Å². The summed E-state index contributed by atoms with van der Waals surface area (Å²) in [5.74, 6) is -1.14. The third-order valence-electron chi connectivity index (χ3n) is 4.43. The number of hydrogen-bond donors (Lipinski definition) is 2. The van der Waals surface area contributed by atoms with Crippen molar-refractivity contribution in [3.8, 4) is 0 Å². The summed E-state index contributed by atoms with van der Waals surface area (Å²) in [6.45, 7) is -0.126. The van der Waals surface area contributed by atoms with Crippen molar-refractivity contribution in [3.05, 3.63) is 62.5 Å². The number of rotatable bonds is 5. The van der Waals surface area contributed by atoms with Gasteiger partial charge in [-0.2, -0.15) is 0 Å². The molecule has 6 nitrogen and oxygen atoms in total. The van der Waals surface area contributed by atoms with E-state index in [1.165, 1.54) is 9.80 Å². The van der Waals surface area contributed by atoms with Gasteiger partial charge >= 0.3 is 12.0 Å². The van der Waals surface area contributed by atoms with E-state index in [1.807, 2.05) is 0 Å². The van der Waals surface area contributed by atoms with Gasteiger partial charge in [-0.25, -0.2) is 4.79 Å². The maximum Gasteiger partial charge on any atom is 0.324 e. The van der Waals surface area contributed by atoms with Crippen LogP contribution in [0.1, 0.15) is 12.0 Å². The standard InChI is InChI=1S/C19H17BrCl2N2O4/c20-13-2-5-15(6-3-13)24-11-19(28,8-17(25)26)10-23(18(24)27)9-12-1-4-14(21)7-16(12)22/h1-7,28H,8-11H2,(H,25,26). The first-order chi connectivity index (χ1) is 13.2. The average Bonchev–Trinajstić information content (AvgIpc) is 2.60. The minimum absolute atomic E-state index is 0.115. The molecule has 9 heteroatoms. The molecule has 1 heterocycles. The lowest BCUT2D eigenvalue weighted by Gasteiger charge is -2.44. The fraction of sp³-hybridized carbons (Fsp3) is 0.263. The van der Waals surface area contributed by atoms with Gasteiger partial charge in [0.15, 0.2) is 0 Å². The number of hydrogen-bond acceptors (Lipinski definition) is 3. The van der Waals surface area contributed by atoms with E-state index in [4.69, 9.17) is 23.2 Å². The number of aliphatic hydroxyl groups is 1. The van der Waals surface area contributed by atoms with Gasteiger partial charge in [-0.1, -0.05) is 45.2 Å². The molecular weight excluding hydrogens is 471 g/mol. The second-order valence-electron chi connectivity index (χ2n) is 6.73. The molecule has 0 saturated carbocycles. The lowest BCUT2D eigenvalue weighted by molar-refractivity contribution is -0.143. The molecule has 2 N–H and O–H groups in total. The highest BCUT2D eigenvalue weighted by atomic mass is 79.9. The number of urea groups is 1. The average molecular weight is 488 g/mol. The Hall–Kier alpha value is -1.80. The van der Waals surface area contributed by atoms with Crippen molar-refractivity contribution in [1.29, 1.82) is 0 Å². The highest BCUT2D eigenvalue weighted by Crippen LogP contribution is 2.30. The summed E-state index contributed by atoms with van der Waals surface area (Å²) in [5, 5.41) is 21.0. The van der Waals surface area contributed by atoms with E-state index in [0.29, 0.717) is 21.3 Å². The van der Waals surface area contributed by atoms with Crippen LogP contribution in [-0.2, 0) is 11.3 Å². The molecule has 1 fully saturated rings. The molecule has 1 aliphatic heterocycles. The summed E-state index contributed by atoms with van der Waals surface area (Å²) >= 11 is 15.5. The molecule has 2 amide bonds. The van der Waals surface area contributed by atoms with E-state index in [2.05, 4.69) is 15.9 Å². The van der Waals surface area contributed by atoms with E-state index in [1.54, 1.807) is 42.5 Å². The SMILES string of the molecule is O=C(O)CC1(O)CN(Cc2ccc(Cl)cc2Cl)C(=O)N(c2ccc(Br)cc2)C1. The van der Waals surface area contributed by atoms with Crippen LogP contribution in [0.25, 0.3) is 0 Å². The molecule has 28 heavy (non-hydrogen) atoms. The molecular formula is C19H17BrCl2N2O4. The van der Waals surface area contributed by atoms with Crippen molar-refractivity contribution in [2.45, 2.75) is 18.6 Å². The number of carboxylic acids is 1. The molecule has 2 aromatic carbocycles. The predicted molar refractivity (Wildman–Crippen MR) is 111 cm³/mol. The first-order valence-corrected chi connectivity index (χ1v) is 9.92. The molecule has 0 aliphatic carbocycles. The van der Waals surface area contributed by atoms with Crippen molar-refractivity contribution in [2.24, 2.45) is 0 Å². The Morgan fingerprint density at radius 3 is 2.43 bits per heavy atom. The van der Waals surface area contributed by atoms with Crippen LogP contribution >= 0.6 is 39.1 Å². The van der Waals surface area contributed by atoms with E-state index in [9.17, 15) is 19.8 Å². The number of carbonyl (C=O) groups is 2. The lowest BCUT2D eigenvalue weighted by atomic mass is 9.95. The Labute approximate surface area is 180 Å². The second-order valence-corrected chi connectivity index (χ2v) is 8.49. The maximum absolute atomic E-state index is 13.1. The number of benzene rings is 2. The zero-order valence-corrected chi connectivity index (χ0v) is 17.7. The van der Waals surface area contributed by atoms with Gasteiger partial charge in [0.25, 0.3) is 0 Å². The summed E-state index contributed by atoms with van der Waals surface area (Å²) in [6, 6.07) is 11.6. The Morgan fingerprint density at radius 2 is 1.82 bits per heavy atom. The highest BCUT2D eigenvalue weighted by Gasteiger charge is 2.43. The smallest absolute Gasteiger partial charge is 0.324 e. The Morgan fingerprint density at radius 1 is 1.14 bits per heavy atom. The van der Waals surface area contributed by atoms with Crippen molar-refractivity contribution in [1.82, 2.24) is 4.90 Å². The van der Waals surface area contributed by atoms with Crippen LogP contribution in [0.3, 0.4) is 0 Å². The molecule has 2 aromatic rings. The van der Waals surface area contributed by atoms with Gasteiger partial charge < -0.3 is 15.1 Å². The zero-order chi connectivity index (χ0) is 20.5. The van der Waals surface area contributed by atoms with Gasteiger partial charge in [0.05, 0.1) is 19.5 Å². The summed E-state index contributed by atoms with van der Waals surface area (Å²) in [5.41, 5.74) is -0.398. The minimum Gasteiger partial charge on any atom is -0.481 e. The quantitative estimate of drug-likeness (QED) is 0.654. The lowest BCUT2D eigenvalue weighted by Crippen LogP contribution is -2.62. The molecule has 0 radical (unpaired) electrons. The van der Waals surface area contributed by atoms with Gasteiger partial charge in [-0.3, -0.25) is 9.69 Å². The predicted octanol–water partition coefficient (Wildman–Crippen LogP) is 4.40. The fourth-order valence-electron chi connectivity index (χ4n) is 3.20. The molecule has 3 rings (SSSR count). The van der Waals surface area contributed by atoms with E-state index >= 15 is 0 Å². The molecule has 1 unspecified atom stereocenters. The van der Waals surface area contributed by atoms with E-state index in [-0.39, 0.29) is 25.7 Å². The van der Waals surface area contributed by atoms with Gasteiger partial charge in [0.1, 0.15) is 5.60 Å². The summed E-state index contributed by atoms with van der Waals surface area (Å²) in [7, 11) is 0. The number of halogens is 3. The van der Waals surface area contributed by atoms with Gasteiger partial charge in [-0.05, 0) is 42.0 Å². The van der Waals surface area contributed by atoms with Gasteiger partial charge in [0, 0.05) is 26.8 Å². The third kappa shape index (κ3) is 4.78. The summed E-state index contributed by atoms with van der Waals surface area (Å²) < 4.78 is 0.839. The summed E-state index contributed by atoms with van der Waals surface area (Å²) in [4.78, 5) is 27.1. The number of carbonyl (C=O) groups excluding carboxylic acids is 1. The first-order valence-electron chi connectivity index (χ1n) is 8.37. The summed E-state index contributed by atoms with van der Waals surface area (Å²) in [6.07, 6.45) is -0.488. The second kappa shape index (κ2) is 8.29. The van der Waals surface area contributed by atoms with Crippen LogP contribution in [0.2, 0.25) is 10.0 Å². The fourth-order valence-corrected chi connectivity index (χ4v) is 3.93. The van der Waals surface area contributed by atoms with E-state index in [0.717, 1.165) is 4.47 Å². The maximum atomic E-state index is 13.1. The van der Waals surface area contributed by atoms with Crippen LogP contribution in [-0.4, -0.2) is 45.8 Å². The van der Waals surface area contributed by atoms with Crippen LogP contribution < -0.4 is 4.90 Å². The Bertz CT molecular complexity index is 909. The monoisotopic (exact) mass is 486 g/mol.